The van der Waals surface area contributed by atoms with Gasteiger partial charge >= 0.3 is 0 Å². The Morgan fingerprint density at radius 3 is 2.53 bits per heavy atom. The summed E-state index contributed by atoms with van der Waals surface area (Å²) in [5.74, 6) is 0. The lowest BCUT2D eigenvalue weighted by Crippen LogP contribution is -1.86. The largest absolute Gasteiger partial charge is 0.256 e. The van der Waals surface area contributed by atoms with Gasteiger partial charge in [-0.3, -0.25) is 9.97 Å². The summed E-state index contributed by atoms with van der Waals surface area (Å²) in [4.78, 5) is 8.77. The van der Waals surface area contributed by atoms with E-state index in [4.69, 9.17) is 0 Å². The zero-order valence-corrected chi connectivity index (χ0v) is 8.44. The molecule has 0 aliphatic rings. The number of hydrogen-bond acceptors (Lipinski definition) is 2. The molecular formula is C13H10N2. The smallest absolute Gasteiger partial charge is 0.0738 e. The van der Waals surface area contributed by atoms with Gasteiger partial charge in [-0.1, -0.05) is 12.1 Å². The molecule has 3 rings (SSSR count). The molecule has 0 unspecified atom stereocenters. The van der Waals surface area contributed by atoms with Crippen molar-refractivity contribution in [2.75, 3.05) is 0 Å². The van der Waals surface area contributed by atoms with E-state index in [1.54, 1.807) is 0 Å². The first-order valence-corrected chi connectivity index (χ1v) is 4.95. The summed E-state index contributed by atoms with van der Waals surface area (Å²) in [6.07, 6.45) is 3.65. The van der Waals surface area contributed by atoms with Crippen molar-refractivity contribution < 1.29 is 0 Å². The third-order valence-electron chi connectivity index (χ3n) is 2.66. The molecular weight excluding hydrogens is 184 g/mol. The van der Waals surface area contributed by atoms with E-state index in [1.807, 2.05) is 24.5 Å². The minimum Gasteiger partial charge on any atom is -0.256 e. The van der Waals surface area contributed by atoms with Crippen molar-refractivity contribution in [1.29, 1.82) is 0 Å². The summed E-state index contributed by atoms with van der Waals surface area (Å²) in [5.41, 5.74) is 3.28. The van der Waals surface area contributed by atoms with Crippen LogP contribution in [-0.2, 0) is 0 Å². The Morgan fingerprint density at radius 2 is 1.67 bits per heavy atom. The number of nitrogens with zero attached hydrogens (tertiary/aromatic N) is 2. The molecule has 0 fully saturated rings. The topological polar surface area (TPSA) is 25.8 Å². The molecule has 0 atom stereocenters. The average Bonchev–Trinajstić information content (AvgIpc) is 2.30. The van der Waals surface area contributed by atoms with E-state index in [2.05, 4.69) is 35.1 Å². The van der Waals surface area contributed by atoms with Crippen molar-refractivity contribution in [2.24, 2.45) is 0 Å². The predicted molar refractivity (Wildman–Crippen MR) is 61.8 cm³/mol. The number of aryl methyl sites for hydroxylation is 1. The van der Waals surface area contributed by atoms with Gasteiger partial charge in [0.15, 0.2) is 0 Å². The maximum Gasteiger partial charge on any atom is 0.0738 e. The monoisotopic (exact) mass is 194 g/mol. The lowest BCUT2D eigenvalue weighted by Gasteiger charge is -2.04. The highest BCUT2D eigenvalue weighted by molar-refractivity contribution is 6.05. The molecule has 0 radical (unpaired) electrons. The first-order valence-electron chi connectivity index (χ1n) is 4.95. The minimum atomic E-state index is 1.04. The van der Waals surface area contributed by atoms with E-state index in [1.165, 1.54) is 16.3 Å². The number of fused-ring (bicyclic) bond motifs is 3. The van der Waals surface area contributed by atoms with Crippen LogP contribution in [-0.4, -0.2) is 9.97 Å². The highest BCUT2D eigenvalue weighted by Crippen LogP contribution is 2.24. The Hall–Kier alpha value is -1.96. The van der Waals surface area contributed by atoms with Crippen LogP contribution in [0.5, 0.6) is 0 Å². The van der Waals surface area contributed by atoms with E-state index in [-0.39, 0.29) is 0 Å². The summed E-state index contributed by atoms with van der Waals surface area (Å²) in [6.45, 7) is 2.07. The van der Waals surface area contributed by atoms with Crippen molar-refractivity contribution in [3.63, 3.8) is 0 Å². The number of hydrogen-bond donors (Lipinski definition) is 0. The summed E-state index contributed by atoms with van der Waals surface area (Å²) in [6, 6.07) is 10.2. The summed E-state index contributed by atoms with van der Waals surface area (Å²) in [5, 5.41) is 2.35. The first kappa shape index (κ1) is 8.36. The normalized spacial score (nSPS) is 11.0. The molecule has 0 N–H and O–H groups in total. The van der Waals surface area contributed by atoms with Crippen LogP contribution < -0.4 is 0 Å². The number of benzene rings is 1. The van der Waals surface area contributed by atoms with Crippen LogP contribution in [0.1, 0.15) is 5.56 Å². The number of aromatic nitrogens is 2. The van der Waals surface area contributed by atoms with Crippen LogP contribution in [0.2, 0.25) is 0 Å². The molecule has 0 bridgehead atoms. The quantitative estimate of drug-likeness (QED) is 0.514. The van der Waals surface area contributed by atoms with Gasteiger partial charge in [-0.2, -0.15) is 0 Å². The van der Waals surface area contributed by atoms with Gasteiger partial charge in [0.25, 0.3) is 0 Å². The van der Waals surface area contributed by atoms with Gasteiger partial charge in [-0.05, 0) is 30.7 Å². The molecule has 3 aromatic rings. The van der Waals surface area contributed by atoms with Gasteiger partial charge in [0.2, 0.25) is 0 Å². The molecule has 0 saturated carbocycles. The minimum absolute atomic E-state index is 1.04. The predicted octanol–water partition coefficient (Wildman–Crippen LogP) is 3.09. The molecule has 0 saturated heterocycles. The van der Waals surface area contributed by atoms with Crippen molar-refractivity contribution in [3.8, 4) is 0 Å². The van der Waals surface area contributed by atoms with Crippen molar-refractivity contribution in [3.05, 3.63) is 48.3 Å². The van der Waals surface area contributed by atoms with Crippen LogP contribution in [0.15, 0.2) is 42.7 Å². The summed E-state index contributed by atoms with van der Waals surface area (Å²) < 4.78 is 0. The lowest BCUT2D eigenvalue weighted by molar-refractivity contribution is 1.35. The second kappa shape index (κ2) is 3.02. The average molecular weight is 194 g/mol. The van der Waals surface area contributed by atoms with Gasteiger partial charge < -0.3 is 0 Å². The molecule has 0 spiro atoms. The van der Waals surface area contributed by atoms with Crippen LogP contribution >= 0.6 is 0 Å². The molecule has 72 valence electrons. The second-order valence-corrected chi connectivity index (χ2v) is 3.66. The standard InChI is InChI=1S/C13H10N2/c1-9-8-12-10(4-2-6-14-12)11-5-3-7-15-13(9)11/h2-8H,1H3. The van der Waals surface area contributed by atoms with Crippen LogP contribution in [0, 0.1) is 6.92 Å². The van der Waals surface area contributed by atoms with Crippen LogP contribution in [0.4, 0.5) is 0 Å². The van der Waals surface area contributed by atoms with Gasteiger partial charge in [-0.25, -0.2) is 0 Å². The van der Waals surface area contributed by atoms with E-state index < -0.39 is 0 Å². The van der Waals surface area contributed by atoms with E-state index in [0.717, 1.165) is 11.0 Å². The van der Waals surface area contributed by atoms with Gasteiger partial charge in [-0.15, -0.1) is 0 Å². The van der Waals surface area contributed by atoms with Crippen molar-refractivity contribution >= 4 is 21.8 Å². The highest BCUT2D eigenvalue weighted by Gasteiger charge is 2.03. The summed E-state index contributed by atoms with van der Waals surface area (Å²) >= 11 is 0. The molecule has 2 nitrogen and oxygen atoms in total. The number of rotatable bonds is 0. The fraction of sp³-hybridized carbons (Fsp3) is 0.0769. The van der Waals surface area contributed by atoms with Crippen molar-refractivity contribution in [2.45, 2.75) is 6.92 Å². The molecule has 15 heavy (non-hydrogen) atoms. The molecule has 1 aromatic carbocycles. The number of pyridine rings is 2. The molecule has 2 heterocycles. The molecule has 0 aliphatic carbocycles. The SMILES string of the molecule is Cc1cc2ncccc2c2cccnc12. The lowest BCUT2D eigenvalue weighted by atomic mass is 10.1. The maximum atomic E-state index is 4.40. The van der Waals surface area contributed by atoms with E-state index >= 15 is 0 Å². The third kappa shape index (κ3) is 1.18. The highest BCUT2D eigenvalue weighted by atomic mass is 14.7. The van der Waals surface area contributed by atoms with E-state index in [0.29, 0.717) is 0 Å². The van der Waals surface area contributed by atoms with Gasteiger partial charge in [0.05, 0.1) is 11.0 Å². The zero-order valence-electron chi connectivity index (χ0n) is 8.44. The first-order chi connectivity index (χ1) is 7.36. The Kier molecular flexibility index (Phi) is 1.68. The zero-order chi connectivity index (χ0) is 10.3. The summed E-state index contributed by atoms with van der Waals surface area (Å²) in [7, 11) is 0. The molecule has 0 amide bonds. The molecule has 2 aromatic heterocycles. The maximum absolute atomic E-state index is 4.40. The van der Waals surface area contributed by atoms with E-state index in [9.17, 15) is 0 Å². The van der Waals surface area contributed by atoms with Gasteiger partial charge in [0, 0.05) is 23.2 Å². The fourth-order valence-corrected chi connectivity index (χ4v) is 1.97. The van der Waals surface area contributed by atoms with Crippen molar-refractivity contribution in [1.82, 2.24) is 9.97 Å². The molecule has 2 heteroatoms. The van der Waals surface area contributed by atoms with Gasteiger partial charge in [0.1, 0.15) is 0 Å². The fourth-order valence-electron chi connectivity index (χ4n) is 1.97. The Bertz CT molecular complexity index is 644. The van der Waals surface area contributed by atoms with Crippen LogP contribution in [0.3, 0.4) is 0 Å². The molecule has 0 aliphatic heterocycles. The van der Waals surface area contributed by atoms with Crippen LogP contribution in [0.25, 0.3) is 21.8 Å². The third-order valence-corrected chi connectivity index (χ3v) is 2.66. The Labute approximate surface area is 87.6 Å². The Balaban J connectivity index is 2.64. The second-order valence-electron chi connectivity index (χ2n) is 3.66. The Morgan fingerprint density at radius 1 is 0.933 bits per heavy atom.